The normalized spacial score (nSPS) is 11.1. The molecule has 0 saturated heterocycles. The molecule has 2 aromatic rings. The van der Waals surface area contributed by atoms with Crippen molar-refractivity contribution in [3.8, 4) is 5.69 Å². The highest BCUT2D eigenvalue weighted by Crippen LogP contribution is 2.28. The summed E-state index contributed by atoms with van der Waals surface area (Å²) in [5.74, 6) is 0.296. The van der Waals surface area contributed by atoms with Crippen LogP contribution in [0.3, 0.4) is 0 Å². The Labute approximate surface area is 119 Å². The van der Waals surface area contributed by atoms with E-state index in [4.69, 9.17) is 0 Å². The number of aryl methyl sites for hydroxylation is 2. The molecular formula is C16H21N3O. The van der Waals surface area contributed by atoms with Crippen molar-refractivity contribution in [1.82, 2.24) is 15.0 Å². The van der Waals surface area contributed by atoms with Gasteiger partial charge in [0.05, 0.1) is 11.4 Å². The van der Waals surface area contributed by atoms with Crippen LogP contribution in [0.2, 0.25) is 0 Å². The monoisotopic (exact) mass is 271 g/mol. The molecule has 1 heterocycles. The molecule has 0 bridgehead atoms. The molecule has 106 valence electrons. The van der Waals surface area contributed by atoms with Gasteiger partial charge in [-0.1, -0.05) is 31.2 Å². The second kappa shape index (κ2) is 5.99. The largest absolute Gasteiger partial charge is 0.296 e. The van der Waals surface area contributed by atoms with E-state index in [-0.39, 0.29) is 0 Å². The molecule has 2 rings (SSSR count). The number of carbonyl (C=O) groups is 1. The first-order valence-corrected chi connectivity index (χ1v) is 7.10. The van der Waals surface area contributed by atoms with Crippen LogP contribution >= 0.6 is 0 Å². The molecule has 0 aliphatic heterocycles. The first-order valence-electron chi connectivity index (χ1n) is 7.10. The zero-order valence-corrected chi connectivity index (χ0v) is 12.6. The molecule has 0 aliphatic rings. The van der Waals surface area contributed by atoms with Crippen LogP contribution in [0.5, 0.6) is 0 Å². The van der Waals surface area contributed by atoms with E-state index in [0.29, 0.717) is 11.6 Å². The Balaban J connectivity index is 2.65. The van der Waals surface area contributed by atoms with Crippen molar-refractivity contribution in [2.24, 2.45) is 0 Å². The van der Waals surface area contributed by atoms with Gasteiger partial charge in [0, 0.05) is 5.92 Å². The molecule has 1 aromatic carbocycles. The molecule has 4 heteroatoms. The number of hydrogen-bond acceptors (Lipinski definition) is 3. The van der Waals surface area contributed by atoms with Crippen LogP contribution < -0.4 is 0 Å². The lowest BCUT2D eigenvalue weighted by molar-refractivity contribution is 0.111. The highest BCUT2D eigenvalue weighted by Gasteiger charge is 2.21. The number of benzene rings is 1. The second-order valence-corrected chi connectivity index (χ2v) is 5.19. The summed E-state index contributed by atoms with van der Waals surface area (Å²) in [6.45, 7) is 8.36. The third kappa shape index (κ3) is 2.50. The summed E-state index contributed by atoms with van der Waals surface area (Å²) in [6, 6.07) is 6.24. The van der Waals surface area contributed by atoms with Crippen LogP contribution in [-0.4, -0.2) is 21.3 Å². The number of carbonyl (C=O) groups excluding carboxylic acids is 1. The maximum absolute atomic E-state index is 11.2. The molecule has 0 atom stereocenters. The van der Waals surface area contributed by atoms with Crippen LogP contribution in [0.1, 0.15) is 59.9 Å². The number of nitrogens with zero attached hydrogens (tertiary/aromatic N) is 3. The van der Waals surface area contributed by atoms with Gasteiger partial charge >= 0.3 is 0 Å². The Morgan fingerprint density at radius 2 is 1.95 bits per heavy atom. The fourth-order valence-electron chi connectivity index (χ4n) is 2.57. The van der Waals surface area contributed by atoms with Crippen LogP contribution in [0.25, 0.3) is 5.69 Å². The molecular weight excluding hydrogens is 250 g/mol. The second-order valence-electron chi connectivity index (χ2n) is 5.19. The smallest absolute Gasteiger partial charge is 0.172 e. The fraction of sp³-hybridized carbons (Fsp3) is 0.438. The standard InChI is InChI=1S/C16H21N3O/c1-5-13(6-2)16-14(10-20)17-18-19(16)15-9-11(3)7-8-12(15)4/h7-10,13H,5-6H2,1-4H3. The minimum atomic E-state index is 0.296. The third-order valence-electron chi connectivity index (χ3n) is 3.81. The number of aromatic nitrogens is 3. The summed E-state index contributed by atoms with van der Waals surface area (Å²) in [6.07, 6.45) is 2.74. The van der Waals surface area contributed by atoms with Crippen LogP contribution in [-0.2, 0) is 0 Å². The van der Waals surface area contributed by atoms with E-state index < -0.39 is 0 Å². The van der Waals surface area contributed by atoms with Gasteiger partial charge in [0.1, 0.15) is 5.69 Å². The summed E-state index contributed by atoms with van der Waals surface area (Å²) in [5.41, 5.74) is 4.69. The summed E-state index contributed by atoms with van der Waals surface area (Å²) in [4.78, 5) is 11.2. The Hall–Kier alpha value is -1.97. The van der Waals surface area contributed by atoms with Gasteiger partial charge in [-0.15, -0.1) is 5.10 Å². The number of aldehydes is 1. The Bertz CT molecular complexity index is 612. The molecule has 20 heavy (non-hydrogen) atoms. The van der Waals surface area contributed by atoms with Crippen LogP contribution in [0.15, 0.2) is 18.2 Å². The van der Waals surface area contributed by atoms with E-state index in [0.717, 1.165) is 36.1 Å². The minimum Gasteiger partial charge on any atom is -0.296 e. The zero-order chi connectivity index (χ0) is 14.7. The van der Waals surface area contributed by atoms with Gasteiger partial charge in [-0.2, -0.15) is 0 Å². The van der Waals surface area contributed by atoms with E-state index in [1.165, 1.54) is 5.56 Å². The van der Waals surface area contributed by atoms with Crippen LogP contribution in [0.4, 0.5) is 0 Å². The summed E-state index contributed by atoms with van der Waals surface area (Å²) in [5, 5.41) is 8.25. The Kier molecular flexibility index (Phi) is 4.32. The lowest BCUT2D eigenvalue weighted by Crippen LogP contribution is -2.10. The highest BCUT2D eigenvalue weighted by molar-refractivity contribution is 5.74. The first-order chi connectivity index (χ1) is 9.62. The van der Waals surface area contributed by atoms with E-state index in [2.05, 4.69) is 49.3 Å². The molecule has 4 nitrogen and oxygen atoms in total. The SMILES string of the molecule is CCC(CC)c1c(C=O)nnn1-c1cc(C)ccc1C. The van der Waals surface area contributed by atoms with Crippen molar-refractivity contribution in [2.75, 3.05) is 0 Å². The van der Waals surface area contributed by atoms with Crippen molar-refractivity contribution in [3.05, 3.63) is 40.7 Å². The number of hydrogen-bond donors (Lipinski definition) is 0. The van der Waals surface area contributed by atoms with E-state index >= 15 is 0 Å². The van der Waals surface area contributed by atoms with Gasteiger partial charge in [0.2, 0.25) is 0 Å². The van der Waals surface area contributed by atoms with Gasteiger partial charge in [0.25, 0.3) is 0 Å². The maximum atomic E-state index is 11.2. The predicted molar refractivity (Wildman–Crippen MR) is 79.5 cm³/mol. The van der Waals surface area contributed by atoms with Crippen molar-refractivity contribution >= 4 is 6.29 Å². The predicted octanol–water partition coefficient (Wildman–Crippen LogP) is 3.60. The quantitative estimate of drug-likeness (QED) is 0.781. The molecule has 0 aliphatic carbocycles. The topological polar surface area (TPSA) is 47.8 Å². The fourth-order valence-corrected chi connectivity index (χ4v) is 2.57. The molecule has 0 amide bonds. The average Bonchev–Trinajstić information content (AvgIpc) is 2.87. The molecule has 0 radical (unpaired) electrons. The number of rotatable bonds is 5. The van der Waals surface area contributed by atoms with Crippen LogP contribution in [0, 0.1) is 13.8 Å². The van der Waals surface area contributed by atoms with E-state index in [9.17, 15) is 4.79 Å². The highest BCUT2D eigenvalue weighted by atomic mass is 16.1. The molecule has 0 saturated carbocycles. The van der Waals surface area contributed by atoms with Gasteiger partial charge in [-0.25, -0.2) is 4.68 Å². The van der Waals surface area contributed by atoms with Gasteiger partial charge in [-0.3, -0.25) is 4.79 Å². The van der Waals surface area contributed by atoms with Gasteiger partial charge in [0.15, 0.2) is 6.29 Å². The lowest BCUT2D eigenvalue weighted by Gasteiger charge is -2.16. The molecule has 0 spiro atoms. The summed E-state index contributed by atoms with van der Waals surface area (Å²) < 4.78 is 1.84. The third-order valence-corrected chi connectivity index (χ3v) is 3.81. The van der Waals surface area contributed by atoms with Gasteiger partial charge < -0.3 is 0 Å². The van der Waals surface area contributed by atoms with Crippen molar-refractivity contribution in [3.63, 3.8) is 0 Å². The van der Waals surface area contributed by atoms with Crippen molar-refractivity contribution < 1.29 is 4.79 Å². The zero-order valence-electron chi connectivity index (χ0n) is 12.6. The Morgan fingerprint density at radius 1 is 1.25 bits per heavy atom. The molecule has 0 unspecified atom stereocenters. The van der Waals surface area contributed by atoms with Gasteiger partial charge in [-0.05, 0) is 43.9 Å². The van der Waals surface area contributed by atoms with Crippen molar-refractivity contribution in [1.29, 1.82) is 0 Å². The molecule has 1 aromatic heterocycles. The first kappa shape index (κ1) is 14.4. The lowest BCUT2D eigenvalue weighted by atomic mass is 9.97. The van der Waals surface area contributed by atoms with E-state index in [1.807, 2.05) is 11.6 Å². The minimum absolute atomic E-state index is 0.296. The van der Waals surface area contributed by atoms with E-state index in [1.54, 1.807) is 0 Å². The Morgan fingerprint density at radius 3 is 2.55 bits per heavy atom. The summed E-state index contributed by atoms with van der Waals surface area (Å²) in [7, 11) is 0. The maximum Gasteiger partial charge on any atom is 0.172 e. The summed E-state index contributed by atoms with van der Waals surface area (Å²) >= 11 is 0. The average molecular weight is 271 g/mol. The molecule has 0 N–H and O–H groups in total. The van der Waals surface area contributed by atoms with Crippen molar-refractivity contribution in [2.45, 2.75) is 46.5 Å². The molecule has 0 fully saturated rings.